The molecular weight excluding hydrogens is 487 g/mol. The van der Waals surface area contributed by atoms with Gasteiger partial charge in [-0.2, -0.15) is 9.78 Å². The molecule has 0 spiro atoms. The van der Waals surface area contributed by atoms with E-state index in [1.165, 1.54) is 30.5 Å². The number of hydrogen-bond acceptors (Lipinski definition) is 6. The maximum absolute atomic E-state index is 13.5. The van der Waals surface area contributed by atoms with Crippen LogP contribution in [0.1, 0.15) is 21.7 Å². The summed E-state index contributed by atoms with van der Waals surface area (Å²) in [5.74, 6) is 0.739. The molecule has 5 aromatic rings. The normalized spacial score (nSPS) is 10.7. The van der Waals surface area contributed by atoms with Gasteiger partial charge in [0.15, 0.2) is 11.4 Å². The van der Waals surface area contributed by atoms with E-state index in [2.05, 4.69) is 15.7 Å². The second-order valence-corrected chi connectivity index (χ2v) is 8.41. The molecule has 0 saturated carbocycles. The Morgan fingerprint density at radius 3 is 2.45 bits per heavy atom. The Bertz CT molecular complexity index is 1610. The zero-order valence-electron chi connectivity index (χ0n) is 20.4. The molecule has 0 unspecified atom stereocenters. The minimum absolute atomic E-state index is 0.127. The smallest absolute Gasteiger partial charge is 0.299 e. The molecule has 9 heteroatoms. The Morgan fingerprint density at radius 1 is 0.974 bits per heavy atom. The zero-order valence-corrected chi connectivity index (χ0v) is 20.4. The number of nitrogens with zero attached hydrogens (tertiary/aromatic N) is 2. The summed E-state index contributed by atoms with van der Waals surface area (Å²) in [5.41, 5.74) is 1.90. The van der Waals surface area contributed by atoms with E-state index in [4.69, 9.17) is 9.15 Å². The highest BCUT2D eigenvalue weighted by Crippen LogP contribution is 2.30. The van der Waals surface area contributed by atoms with Crippen LogP contribution < -0.4 is 20.9 Å². The van der Waals surface area contributed by atoms with Gasteiger partial charge in [0.05, 0.1) is 24.7 Å². The fourth-order valence-corrected chi connectivity index (χ4v) is 3.72. The van der Waals surface area contributed by atoms with Crippen LogP contribution in [0, 0.1) is 12.7 Å². The van der Waals surface area contributed by atoms with Gasteiger partial charge in [-0.25, -0.2) is 4.39 Å². The molecule has 190 valence electrons. The van der Waals surface area contributed by atoms with Crippen molar-refractivity contribution in [2.75, 3.05) is 5.32 Å². The molecule has 2 heterocycles. The molecular formula is C29H23FN4O4. The predicted molar refractivity (Wildman–Crippen MR) is 141 cm³/mol. The van der Waals surface area contributed by atoms with Gasteiger partial charge in [-0.05, 0) is 79.2 Å². The van der Waals surface area contributed by atoms with Crippen molar-refractivity contribution in [3.05, 3.63) is 130 Å². The summed E-state index contributed by atoms with van der Waals surface area (Å²) in [7, 11) is 0. The standard InChI is InChI=1S/C29H23FN4O4/c1-19-5-2-3-7-25(19)38-26-18-32-34(23-14-10-21(30)11-15-23)29(36)27(26)33-22-12-8-20(9-13-22)28(35)31-17-24-6-4-16-37-24/h2-16,18,33H,17H2,1H3,(H,31,35). The first-order valence-electron chi connectivity index (χ1n) is 11.8. The number of carbonyl (C=O) groups excluding carboxylic acids is 1. The number of para-hydroxylation sites is 1. The van der Waals surface area contributed by atoms with Crippen LogP contribution in [0.2, 0.25) is 0 Å². The van der Waals surface area contributed by atoms with E-state index in [1.54, 1.807) is 48.7 Å². The Morgan fingerprint density at radius 2 is 1.74 bits per heavy atom. The molecule has 0 aliphatic rings. The molecule has 0 aliphatic carbocycles. The van der Waals surface area contributed by atoms with E-state index < -0.39 is 11.4 Å². The lowest BCUT2D eigenvalue weighted by Gasteiger charge is -2.15. The quantitative estimate of drug-likeness (QED) is 0.276. The average Bonchev–Trinajstić information content (AvgIpc) is 3.45. The van der Waals surface area contributed by atoms with Gasteiger partial charge in [0.25, 0.3) is 11.5 Å². The van der Waals surface area contributed by atoms with Gasteiger partial charge in [0.1, 0.15) is 17.3 Å². The van der Waals surface area contributed by atoms with E-state index in [1.807, 2.05) is 25.1 Å². The van der Waals surface area contributed by atoms with E-state index in [0.717, 1.165) is 10.2 Å². The summed E-state index contributed by atoms with van der Waals surface area (Å²) in [4.78, 5) is 26.0. The van der Waals surface area contributed by atoms with Crippen molar-refractivity contribution in [3.8, 4) is 17.2 Å². The highest BCUT2D eigenvalue weighted by Gasteiger charge is 2.16. The van der Waals surface area contributed by atoms with Gasteiger partial charge in [-0.15, -0.1) is 0 Å². The van der Waals surface area contributed by atoms with Gasteiger partial charge in [0.2, 0.25) is 0 Å². The molecule has 8 nitrogen and oxygen atoms in total. The molecule has 0 fully saturated rings. The first kappa shape index (κ1) is 24.5. The van der Waals surface area contributed by atoms with Crippen LogP contribution in [0.4, 0.5) is 15.8 Å². The number of carbonyl (C=O) groups is 1. The van der Waals surface area contributed by atoms with Crippen LogP contribution in [-0.4, -0.2) is 15.7 Å². The number of rotatable bonds is 8. The molecule has 0 bridgehead atoms. The van der Waals surface area contributed by atoms with Crippen molar-refractivity contribution in [1.29, 1.82) is 0 Å². The predicted octanol–water partition coefficient (Wildman–Crippen LogP) is 5.74. The maximum Gasteiger partial charge on any atom is 0.299 e. The van der Waals surface area contributed by atoms with Crippen molar-refractivity contribution in [2.45, 2.75) is 13.5 Å². The molecule has 2 aromatic heterocycles. The fraction of sp³-hybridized carbons (Fsp3) is 0.0690. The van der Waals surface area contributed by atoms with Crippen molar-refractivity contribution in [1.82, 2.24) is 15.1 Å². The van der Waals surface area contributed by atoms with Crippen LogP contribution in [0.15, 0.2) is 107 Å². The summed E-state index contributed by atoms with van der Waals surface area (Å²) in [6.45, 7) is 2.16. The molecule has 38 heavy (non-hydrogen) atoms. The fourth-order valence-electron chi connectivity index (χ4n) is 3.72. The number of aromatic nitrogens is 2. The highest BCUT2D eigenvalue weighted by atomic mass is 19.1. The van der Waals surface area contributed by atoms with Crippen molar-refractivity contribution < 1.29 is 18.3 Å². The number of aryl methyl sites for hydroxylation is 1. The molecule has 5 rings (SSSR count). The topological polar surface area (TPSA) is 98.4 Å². The van der Waals surface area contributed by atoms with Gasteiger partial charge in [-0.1, -0.05) is 18.2 Å². The van der Waals surface area contributed by atoms with Crippen molar-refractivity contribution >= 4 is 17.3 Å². The van der Waals surface area contributed by atoms with Crippen LogP contribution in [0.25, 0.3) is 5.69 Å². The minimum atomic E-state index is -0.497. The third kappa shape index (κ3) is 5.46. The molecule has 3 aromatic carbocycles. The minimum Gasteiger partial charge on any atom is -0.467 e. The Labute approximate surface area is 217 Å². The van der Waals surface area contributed by atoms with Crippen LogP contribution in [0.3, 0.4) is 0 Å². The molecule has 0 saturated heterocycles. The summed E-state index contributed by atoms with van der Waals surface area (Å²) < 4.78 is 25.9. The number of nitrogens with one attached hydrogen (secondary N) is 2. The van der Waals surface area contributed by atoms with Gasteiger partial charge >= 0.3 is 0 Å². The van der Waals surface area contributed by atoms with Crippen LogP contribution in [0.5, 0.6) is 11.5 Å². The Balaban J connectivity index is 1.44. The van der Waals surface area contributed by atoms with Crippen molar-refractivity contribution in [2.24, 2.45) is 0 Å². The Hall–Kier alpha value is -5.18. The summed E-state index contributed by atoms with van der Waals surface area (Å²) >= 11 is 0. The lowest BCUT2D eigenvalue weighted by Crippen LogP contribution is -2.24. The molecule has 1 amide bonds. The largest absolute Gasteiger partial charge is 0.467 e. The lowest BCUT2D eigenvalue weighted by atomic mass is 10.2. The van der Waals surface area contributed by atoms with E-state index in [9.17, 15) is 14.0 Å². The second-order valence-electron chi connectivity index (χ2n) is 8.41. The van der Waals surface area contributed by atoms with Gasteiger partial charge < -0.3 is 19.8 Å². The summed E-state index contributed by atoms with van der Waals surface area (Å²) in [5, 5.41) is 10.1. The monoisotopic (exact) mass is 510 g/mol. The summed E-state index contributed by atoms with van der Waals surface area (Å²) in [6.07, 6.45) is 2.97. The highest BCUT2D eigenvalue weighted by molar-refractivity contribution is 5.94. The first-order valence-corrected chi connectivity index (χ1v) is 11.8. The summed E-state index contributed by atoms with van der Waals surface area (Å²) in [6, 6.07) is 23.0. The van der Waals surface area contributed by atoms with E-state index >= 15 is 0 Å². The molecule has 0 aliphatic heterocycles. The van der Waals surface area contributed by atoms with Gasteiger partial charge in [0, 0.05) is 11.3 Å². The lowest BCUT2D eigenvalue weighted by molar-refractivity contribution is 0.0948. The van der Waals surface area contributed by atoms with Gasteiger partial charge in [-0.3, -0.25) is 9.59 Å². The molecule has 0 radical (unpaired) electrons. The van der Waals surface area contributed by atoms with Crippen molar-refractivity contribution in [3.63, 3.8) is 0 Å². The Kier molecular flexibility index (Phi) is 6.99. The number of hydrogen-bond donors (Lipinski definition) is 2. The number of ether oxygens (including phenoxy) is 1. The third-order valence-electron chi connectivity index (χ3n) is 5.75. The number of furan rings is 1. The third-order valence-corrected chi connectivity index (χ3v) is 5.75. The number of amides is 1. The maximum atomic E-state index is 13.5. The second kappa shape index (κ2) is 10.8. The van der Waals surface area contributed by atoms with Crippen LogP contribution >= 0.6 is 0 Å². The molecule has 2 N–H and O–H groups in total. The van der Waals surface area contributed by atoms with E-state index in [-0.39, 0.29) is 23.9 Å². The number of anilines is 2. The first-order chi connectivity index (χ1) is 18.5. The van der Waals surface area contributed by atoms with Crippen LogP contribution in [-0.2, 0) is 6.54 Å². The zero-order chi connectivity index (χ0) is 26.5. The number of halogens is 1. The average molecular weight is 511 g/mol. The number of benzene rings is 3. The van der Waals surface area contributed by atoms with E-state index in [0.29, 0.717) is 28.4 Å². The molecule has 0 atom stereocenters. The SMILES string of the molecule is Cc1ccccc1Oc1cnn(-c2ccc(F)cc2)c(=O)c1Nc1ccc(C(=O)NCc2ccco2)cc1.